The summed E-state index contributed by atoms with van der Waals surface area (Å²) in [7, 11) is 0. The molecule has 1 amide bonds. The topological polar surface area (TPSA) is 60.9 Å². The highest BCUT2D eigenvalue weighted by molar-refractivity contribution is 5.93. The van der Waals surface area contributed by atoms with Crippen LogP contribution in [0.4, 0.5) is 0 Å². The highest BCUT2D eigenvalue weighted by Crippen LogP contribution is 2.08. The summed E-state index contributed by atoms with van der Waals surface area (Å²) in [5.74, 6) is -1.33. The van der Waals surface area contributed by atoms with E-state index in [0.29, 0.717) is 13.1 Å². The number of benzene rings is 1. The van der Waals surface area contributed by atoms with Gasteiger partial charge in [-0.25, -0.2) is 4.79 Å². The second-order valence-corrected chi connectivity index (χ2v) is 4.76. The van der Waals surface area contributed by atoms with Gasteiger partial charge in [-0.3, -0.25) is 9.69 Å². The maximum absolute atomic E-state index is 11.7. The Morgan fingerprint density at radius 2 is 1.70 bits per heavy atom. The van der Waals surface area contributed by atoms with Crippen LogP contribution in [0, 0.1) is 0 Å². The molecule has 0 unspecified atom stereocenters. The standard InChI is InChI=1S/C15H18N2O3/c18-14(6-7-15(19)20)17-10-8-16(9-11-17)12-13-4-2-1-3-5-13/h1-7H,8-12H2,(H,19,20)/b7-6+. The Kier molecular flexibility index (Phi) is 4.90. The molecule has 1 saturated heterocycles. The number of hydrogen-bond acceptors (Lipinski definition) is 3. The molecule has 0 spiro atoms. The summed E-state index contributed by atoms with van der Waals surface area (Å²) in [6, 6.07) is 10.2. The molecule has 2 rings (SSSR count). The number of nitrogens with zero attached hydrogens (tertiary/aromatic N) is 2. The highest BCUT2D eigenvalue weighted by Gasteiger charge is 2.19. The Balaban J connectivity index is 1.80. The molecule has 0 atom stereocenters. The van der Waals surface area contributed by atoms with Crippen LogP contribution in [-0.4, -0.2) is 53.0 Å². The van der Waals surface area contributed by atoms with Crippen LogP contribution in [0.15, 0.2) is 42.5 Å². The summed E-state index contributed by atoms with van der Waals surface area (Å²) in [6.45, 7) is 3.77. The number of carbonyl (C=O) groups excluding carboxylic acids is 1. The van der Waals surface area contributed by atoms with Crippen LogP contribution in [0.5, 0.6) is 0 Å². The Labute approximate surface area is 118 Å². The molecule has 1 aliphatic heterocycles. The number of aliphatic carboxylic acids is 1. The lowest BCUT2D eigenvalue weighted by atomic mass is 10.2. The lowest BCUT2D eigenvalue weighted by Crippen LogP contribution is -2.47. The minimum Gasteiger partial charge on any atom is -0.478 e. The van der Waals surface area contributed by atoms with E-state index in [0.717, 1.165) is 31.8 Å². The average Bonchev–Trinajstić information content (AvgIpc) is 2.46. The number of carboxylic acids is 1. The average molecular weight is 274 g/mol. The van der Waals surface area contributed by atoms with Crippen molar-refractivity contribution in [3.8, 4) is 0 Å². The van der Waals surface area contributed by atoms with E-state index in [2.05, 4.69) is 17.0 Å². The zero-order chi connectivity index (χ0) is 14.4. The van der Waals surface area contributed by atoms with Gasteiger partial charge in [0.2, 0.25) is 5.91 Å². The van der Waals surface area contributed by atoms with Gasteiger partial charge in [-0.05, 0) is 5.56 Å². The largest absolute Gasteiger partial charge is 0.478 e. The first-order valence-electron chi connectivity index (χ1n) is 6.61. The zero-order valence-electron chi connectivity index (χ0n) is 11.2. The fourth-order valence-corrected chi connectivity index (χ4v) is 2.22. The van der Waals surface area contributed by atoms with Crippen molar-refractivity contribution in [1.29, 1.82) is 0 Å². The fraction of sp³-hybridized carbons (Fsp3) is 0.333. The van der Waals surface area contributed by atoms with Gasteiger partial charge in [-0.2, -0.15) is 0 Å². The van der Waals surface area contributed by atoms with Crippen molar-refractivity contribution in [2.75, 3.05) is 26.2 Å². The van der Waals surface area contributed by atoms with E-state index in [1.807, 2.05) is 18.2 Å². The van der Waals surface area contributed by atoms with E-state index in [4.69, 9.17) is 5.11 Å². The van der Waals surface area contributed by atoms with E-state index < -0.39 is 5.97 Å². The maximum atomic E-state index is 11.7. The Hall–Kier alpha value is -2.14. The molecule has 1 heterocycles. The number of amides is 1. The molecule has 0 radical (unpaired) electrons. The van der Waals surface area contributed by atoms with E-state index >= 15 is 0 Å². The molecule has 5 heteroatoms. The van der Waals surface area contributed by atoms with Crippen LogP contribution in [0.2, 0.25) is 0 Å². The smallest absolute Gasteiger partial charge is 0.328 e. The van der Waals surface area contributed by atoms with Gasteiger partial charge in [-0.15, -0.1) is 0 Å². The second kappa shape index (κ2) is 6.86. The van der Waals surface area contributed by atoms with E-state index in [-0.39, 0.29) is 5.91 Å². The third kappa shape index (κ3) is 4.20. The molecule has 1 aromatic rings. The summed E-state index contributed by atoms with van der Waals surface area (Å²) in [5.41, 5.74) is 1.26. The summed E-state index contributed by atoms with van der Waals surface area (Å²) in [5, 5.41) is 8.50. The number of carbonyl (C=O) groups is 2. The highest BCUT2D eigenvalue weighted by atomic mass is 16.4. The van der Waals surface area contributed by atoms with Crippen LogP contribution in [0.3, 0.4) is 0 Å². The number of carboxylic acid groups (broad SMARTS) is 1. The van der Waals surface area contributed by atoms with Crippen LogP contribution in [0.1, 0.15) is 5.56 Å². The molecule has 0 saturated carbocycles. The van der Waals surface area contributed by atoms with Crippen molar-refractivity contribution in [3.05, 3.63) is 48.0 Å². The van der Waals surface area contributed by atoms with E-state index in [1.54, 1.807) is 4.90 Å². The summed E-state index contributed by atoms with van der Waals surface area (Å²) in [4.78, 5) is 26.1. The van der Waals surface area contributed by atoms with Crippen molar-refractivity contribution in [2.24, 2.45) is 0 Å². The predicted octanol–water partition coefficient (Wildman–Crippen LogP) is 0.972. The quantitative estimate of drug-likeness (QED) is 0.831. The third-order valence-corrected chi connectivity index (χ3v) is 3.30. The Morgan fingerprint density at radius 3 is 2.30 bits per heavy atom. The molecule has 1 fully saturated rings. The van der Waals surface area contributed by atoms with Crippen molar-refractivity contribution in [1.82, 2.24) is 9.80 Å². The number of rotatable bonds is 4. The molecule has 0 bridgehead atoms. The van der Waals surface area contributed by atoms with Gasteiger partial charge < -0.3 is 10.0 Å². The van der Waals surface area contributed by atoms with Crippen molar-refractivity contribution in [2.45, 2.75) is 6.54 Å². The Bertz CT molecular complexity index is 491. The SMILES string of the molecule is O=C(O)/C=C/C(=O)N1CCN(Cc2ccccc2)CC1. The first kappa shape index (κ1) is 14.3. The molecular weight excluding hydrogens is 256 g/mol. The lowest BCUT2D eigenvalue weighted by molar-refractivity contribution is -0.132. The summed E-state index contributed by atoms with van der Waals surface area (Å²) >= 11 is 0. The minimum absolute atomic E-state index is 0.230. The Morgan fingerprint density at radius 1 is 1.05 bits per heavy atom. The first-order chi connectivity index (χ1) is 9.65. The maximum Gasteiger partial charge on any atom is 0.328 e. The van der Waals surface area contributed by atoms with Gasteiger partial charge in [0.25, 0.3) is 0 Å². The summed E-state index contributed by atoms with van der Waals surface area (Å²) < 4.78 is 0. The molecule has 0 aliphatic carbocycles. The van der Waals surface area contributed by atoms with E-state index in [9.17, 15) is 9.59 Å². The first-order valence-corrected chi connectivity index (χ1v) is 6.61. The van der Waals surface area contributed by atoms with Crippen molar-refractivity contribution >= 4 is 11.9 Å². The van der Waals surface area contributed by atoms with Crippen LogP contribution >= 0.6 is 0 Å². The van der Waals surface area contributed by atoms with Gasteiger partial charge >= 0.3 is 5.97 Å². The normalized spacial score (nSPS) is 16.5. The van der Waals surface area contributed by atoms with Crippen LogP contribution < -0.4 is 0 Å². The molecule has 5 nitrogen and oxygen atoms in total. The lowest BCUT2D eigenvalue weighted by Gasteiger charge is -2.34. The van der Waals surface area contributed by atoms with Gasteiger partial charge in [0.15, 0.2) is 0 Å². The van der Waals surface area contributed by atoms with Crippen LogP contribution in [0.25, 0.3) is 0 Å². The molecule has 1 N–H and O–H groups in total. The van der Waals surface area contributed by atoms with Gasteiger partial charge in [-0.1, -0.05) is 30.3 Å². The molecule has 1 aromatic carbocycles. The van der Waals surface area contributed by atoms with Gasteiger partial charge in [0.1, 0.15) is 0 Å². The minimum atomic E-state index is -1.10. The molecule has 1 aliphatic rings. The van der Waals surface area contributed by atoms with Crippen molar-refractivity contribution in [3.63, 3.8) is 0 Å². The fourth-order valence-electron chi connectivity index (χ4n) is 2.22. The predicted molar refractivity (Wildman–Crippen MR) is 75.1 cm³/mol. The molecule has 20 heavy (non-hydrogen) atoms. The van der Waals surface area contributed by atoms with E-state index in [1.165, 1.54) is 5.56 Å². The van der Waals surface area contributed by atoms with Gasteiger partial charge in [0.05, 0.1) is 0 Å². The zero-order valence-corrected chi connectivity index (χ0v) is 11.2. The number of piperazine rings is 1. The molecule has 0 aromatic heterocycles. The number of hydrogen-bond donors (Lipinski definition) is 1. The third-order valence-electron chi connectivity index (χ3n) is 3.30. The van der Waals surface area contributed by atoms with Gasteiger partial charge in [0, 0.05) is 44.9 Å². The molecular formula is C15H18N2O3. The second-order valence-electron chi connectivity index (χ2n) is 4.76. The molecule has 106 valence electrons. The summed E-state index contributed by atoms with van der Waals surface area (Å²) in [6.07, 6.45) is 2.01. The van der Waals surface area contributed by atoms with Crippen LogP contribution in [-0.2, 0) is 16.1 Å². The van der Waals surface area contributed by atoms with Crippen molar-refractivity contribution < 1.29 is 14.7 Å². The monoisotopic (exact) mass is 274 g/mol.